The third-order valence-corrected chi connectivity index (χ3v) is 5.50. The van der Waals surface area contributed by atoms with Gasteiger partial charge in [0.05, 0.1) is 12.0 Å². The number of hydrogen-bond acceptors (Lipinski definition) is 5. The molecule has 7 nitrogen and oxygen atoms in total. The van der Waals surface area contributed by atoms with Gasteiger partial charge in [-0.2, -0.15) is 0 Å². The van der Waals surface area contributed by atoms with Crippen LogP contribution in [0, 0.1) is 5.82 Å². The third-order valence-electron chi connectivity index (χ3n) is 5.25. The smallest absolute Gasteiger partial charge is 0.345 e. The highest BCUT2D eigenvalue weighted by Gasteiger charge is 2.20. The number of nitrogens with zero attached hydrogens (tertiary/aromatic N) is 4. The molecule has 33 heavy (non-hydrogen) atoms. The topological polar surface area (TPSA) is 78.5 Å². The van der Waals surface area contributed by atoms with E-state index >= 15 is 0 Å². The summed E-state index contributed by atoms with van der Waals surface area (Å²) in [5, 5.41) is 1.18. The summed E-state index contributed by atoms with van der Waals surface area (Å²) in [4.78, 5) is 34.1. The molecule has 0 saturated heterocycles. The van der Waals surface area contributed by atoms with Crippen LogP contribution in [0.5, 0.6) is 0 Å². The van der Waals surface area contributed by atoms with Crippen LogP contribution in [-0.4, -0.2) is 31.5 Å². The molecule has 3 aromatic heterocycles. The molecular weight excluding hydrogens is 447 g/mol. The summed E-state index contributed by atoms with van der Waals surface area (Å²) in [6, 6.07) is 13.2. The number of carbonyl (C=O) groups excluding carboxylic acids is 1. The molecule has 2 aromatic carbocycles. The van der Waals surface area contributed by atoms with Gasteiger partial charge in [-0.15, -0.1) is 0 Å². The Morgan fingerprint density at radius 1 is 1.06 bits per heavy atom. The average molecular weight is 463 g/mol. The van der Waals surface area contributed by atoms with Crippen LogP contribution in [0.15, 0.2) is 72.0 Å². The molecule has 0 fully saturated rings. The monoisotopic (exact) mass is 462 g/mol. The fourth-order valence-electron chi connectivity index (χ4n) is 3.71. The zero-order valence-electron chi connectivity index (χ0n) is 17.3. The quantitative estimate of drug-likeness (QED) is 0.363. The van der Waals surface area contributed by atoms with Crippen molar-refractivity contribution in [2.24, 2.45) is 0 Å². The first-order valence-electron chi connectivity index (χ1n) is 10.1. The van der Waals surface area contributed by atoms with Crippen molar-refractivity contribution in [1.29, 1.82) is 0 Å². The zero-order valence-corrected chi connectivity index (χ0v) is 18.1. The van der Waals surface area contributed by atoms with Crippen LogP contribution in [-0.2, 0) is 4.74 Å². The predicted octanol–water partition coefficient (Wildman–Crippen LogP) is 4.67. The molecule has 0 aliphatic heterocycles. The van der Waals surface area contributed by atoms with E-state index in [9.17, 15) is 14.0 Å². The highest BCUT2D eigenvalue weighted by molar-refractivity contribution is 6.30. The number of ether oxygens (including phenoxy) is 1. The maximum atomic E-state index is 13.5. The molecule has 0 unspecified atom stereocenters. The van der Waals surface area contributed by atoms with Crippen LogP contribution in [0.1, 0.15) is 17.3 Å². The number of fused-ring (bicyclic) bond motifs is 3. The molecule has 0 atom stereocenters. The lowest BCUT2D eigenvalue weighted by Gasteiger charge is -2.07. The van der Waals surface area contributed by atoms with Crippen molar-refractivity contribution in [1.82, 2.24) is 18.9 Å². The van der Waals surface area contributed by atoms with Gasteiger partial charge in [-0.3, -0.25) is 4.79 Å². The Morgan fingerprint density at radius 3 is 2.48 bits per heavy atom. The SMILES string of the molecule is CCOC(=O)c1cnc2c3c(-c4ccc(Cl)cc4)cn(-c4ccc(F)cc4)c3ncn2c1=O. The van der Waals surface area contributed by atoms with E-state index in [0.29, 0.717) is 27.4 Å². The van der Waals surface area contributed by atoms with E-state index in [1.165, 1.54) is 29.1 Å². The Balaban J connectivity index is 1.84. The van der Waals surface area contributed by atoms with Gasteiger partial charge in [0.15, 0.2) is 11.3 Å². The fourth-order valence-corrected chi connectivity index (χ4v) is 3.84. The minimum absolute atomic E-state index is 0.138. The van der Waals surface area contributed by atoms with Crippen molar-refractivity contribution >= 4 is 34.3 Å². The number of halogens is 2. The fraction of sp³-hybridized carbons (Fsp3) is 0.0833. The van der Waals surface area contributed by atoms with E-state index in [1.54, 1.807) is 35.8 Å². The maximum Gasteiger partial charge on any atom is 0.345 e. The van der Waals surface area contributed by atoms with E-state index in [0.717, 1.165) is 11.1 Å². The Labute approximate surface area is 191 Å². The van der Waals surface area contributed by atoms with Crippen molar-refractivity contribution in [3.8, 4) is 16.8 Å². The van der Waals surface area contributed by atoms with Crippen LogP contribution >= 0.6 is 11.6 Å². The van der Waals surface area contributed by atoms with Crippen molar-refractivity contribution in [3.63, 3.8) is 0 Å². The van der Waals surface area contributed by atoms with Crippen molar-refractivity contribution < 1.29 is 13.9 Å². The number of hydrogen-bond donors (Lipinski definition) is 0. The summed E-state index contributed by atoms with van der Waals surface area (Å²) < 4.78 is 21.5. The molecule has 164 valence electrons. The van der Waals surface area contributed by atoms with Crippen LogP contribution in [0.25, 0.3) is 33.5 Å². The molecule has 0 amide bonds. The van der Waals surface area contributed by atoms with Crippen LogP contribution in [0.4, 0.5) is 4.39 Å². The molecule has 0 N–H and O–H groups in total. The molecule has 0 spiro atoms. The Bertz CT molecular complexity index is 1570. The van der Waals surface area contributed by atoms with E-state index < -0.39 is 11.5 Å². The van der Waals surface area contributed by atoms with Crippen LogP contribution < -0.4 is 5.56 Å². The van der Waals surface area contributed by atoms with E-state index in [-0.39, 0.29) is 18.0 Å². The molecule has 0 bridgehead atoms. The van der Waals surface area contributed by atoms with Crippen LogP contribution in [0.3, 0.4) is 0 Å². The van der Waals surface area contributed by atoms with Crippen molar-refractivity contribution in [2.75, 3.05) is 6.61 Å². The van der Waals surface area contributed by atoms with Gasteiger partial charge in [-0.25, -0.2) is 23.6 Å². The second kappa shape index (κ2) is 8.14. The van der Waals surface area contributed by atoms with Gasteiger partial charge in [0.25, 0.3) is 5.56 Å². The second-order valence-corrected chi connectivity index (χ2v) is 7.67. The van der Waals surface area contributed by atoms with Gasteiger partial charge >= 0.3 is 5.97 Å². The first-order valence-corrected chi connectivity index (χ1v) is 10.5. The van der Waals surface area contributed by atoms with Gasteiger partial charge in [0.1, 0.15) is 17.7 Å². The predicted molar refractivity (Wildman–Crippen MR) is 122 cm³/mol. The maximum absolute atomic E-state index is 13.5. The zero-order chi connectivity index (χ0) is 23.1. The number of rotatable bonds is 4. The van der Waals surface area contributed by atoms with Crippen LogP contribution in [0.2, 0.25) is 5.02 Å². The molecule has 0 saturated carbocycles. The molecule has 9 heteroatoms. The van der Waals surface area contributed by atoms with Gasteiger partial charge in [0, 0.05) is 28.7 Å². The molecule has 0 aliphatic carbocycles. The number of esters is 1. The second-order valence-electron chi connectivity index (χ2n) is 7.23. The van der Waals surface area contributed by atoms with E-state index in [4.69, 9.17) is 16.3 Å². The normalized spacial score (nSPS) is 11.2. The summed E-state index contributed by atoms with van der Waals surface area (Å²) in [6.07, 6.45) is 4.39. The van der Waals surface area contributed by atoms with Crippen molar-refractivity contribution in [2.45, 2.75) is 6.92 Å². The Morgan fingerprint density at radius 2 is 1.79 bits per heavy atom. The summed E-state index contributed by atoms with van der Waals surface area (Å²) in [5.41, 5.74) is 2.33. The molecule has 0 radical (unpaired) electrons. The molecule has 0 aliphatic rings. The standard InChI is InChI=1S/C24H16ClFN4O3/c1-2-33-24(32)18-11-27-21-20-19(14-3-5-15(25)6-4-14)12-29(17-9-7-16(26)8-10-17)22(20)28-13-30(21)23(18)31/h3-13H,2H2,1H3. The highest BCUT2D eigenvalue weighted by atomic mass is 35.5. The minimum atomic E-state index is -0.744. The largest absolute Gasteiger partial charge is 0.462 e. The summed E-state index contributed by atoms with van der Waals surface area (Å²) in [7, 11) is 0. The number of carbonyl (C=O) groups is 1. The summed E-state index contributed by atoms with van der Waals surface area (Å²) in [5.74, 6) is -1.10. The van der Waals surface area contributed by atoms with Gasteiger partial charge < -0.3 is 9.30 Å². The lowest BCUT2D eigenvalue weighted by atomic mass is 10.1. The third kappa shape index (κ3) is 3.54. The number of benzene rings is 2. The van der Waals surface area contributed by atoms with Gasteiger partial charge in [-0.1, -0.05) is 23.7 Å². The molecule has 5 rings (SSSR count). The summed E-state index contributed by atoms with van der Waals surface area (Å²) in [6.45, 7) is 1.80. The first kappa shape index (κ1) is 20.8. The lowest BCUT2D eigenvalue weighted by molar-refractivity contribution is 0.0523. The molecular formula is C24H16ClFN4O3. The first-order chi connectivity index (χ1) is 16.0. The lowest BCUT2D eigenvalue weighted by Crippen LogP contribution is -2.24. The number of aromatic nitrogens is 4. The van der Waals surface area contributed by atoms with Gasteiger partial charge in [0.2, 0.25) is 0 Å². The van der Waals surface area contributed by atoms with E-state index in [1.807, 2.05) is 18.3 Å². The Hall–Kier alpha value is -4.04. The summed E-state index contributed by atoms with van der Waals surface area (Å²) >= 11 is 6.07. The molecule has 3 heterocycles. The molecule has 5 aromatic rings. The van der Waals surface area contributed by atoms with Crippen molar-refractivity contribution in [3.05, 3.63) is 94.0 Å². The average Bonchev–Trinajstić information content (AvgIpc) is 3.20. The van der Waals surface area contributed by atoms with Gasteiger partial charge in [-0.05, 0) is 48.9 Å². The minimum Gasteiger partial charge on any atom is -0.462 e. The Kier molecular flexibility index (Phi) is 5.14. The van der Waals surface area contributed by atoms with E-state index in [2.05, 4.69) is 9.97 Å². The highest BCUT2D eigenvalue weighted by Crippen LogP contribution is 2.34.